The zero-order valence-corrected chi connectivity index (χ0v) is 12.6. The SMILES string of the molecule is O=S(=O)(Nc1nnc(Cl)cc1O)c1cc(Cl)cc(Cl)c1. The Morgan fingerprint density at radius 3 is 2.15 bits per heavy atom. The maximum atomic E-state index is 12.1. The van der Waals surface area contributed by atoms with Crippen molar-refractivity contribution in [2.45, 2.75) is 4.90 Å². The molecule has 0 radical (unpaired) electrons. The van der Waals surface area contributed by atoms with Gasteiger partial charge in [-0.15, -0.1) is 10.2 Å². The first kappa shape index (κ1) is 15.1. The van der Waals surface area contributed by atoms with Crippen LogP contribution in [0.15, 0.2) is 29.2 Å². The Morgan fingerprint density at radius 1 is 1.00 bits per heavy atom. The quantitative estimate of drug-likeness (QED) is 0.884. The lowest BCUT2D eigenvalue weighted by molar-refractivity contribution is 0.473. The van der Waals surface area contributed by atoms with Crippen LogP contribution in [0.2, 0.25) is 15.2 Å². The highest BCUT2D eigenvalue weighted by Crippen LogP contribution is 2.27. The van der Waals surface area contributed by atoms with Gasteiger partial charge in [0, 0.05) is 16.1 Å². The van der Waals surface area contributed by atoms with Crippen molar-refractivity contribution >= 4 is 50.6 Å². The van der Waals surface area contributed by atoms with E-state index in [1.54, 1.807) is 0 Å². The van der Waals surface area contributed by atoms with E-state index in [9.17, 15) is 13.5 Å². The average Bonchev–Trinajstić information content (AvgIpc) is 2.31. The van der Waals surface area contributed by atoms with Crippen LogP contribution in [0.5, 0.6) is 5.75 Å². The van der Waals surface area contributed by atoms with Gasteiger partial charge in [0.05, 0.1) is 4.90 Å². The summed E-state index contributed by atoms with van der Waals surface area (Å²) in [6, 6.07) is 4.85. The average molecular weight is 355 g/mol. The molecule has 1 heterocycles. The topological polar surface area (TPSA) is 92.2 Å². The van der Waals surface area contributed by atoms with E-state index in [0.717, 1.165) is 6.07 Å². The second kappa shape index (κ2) is 5.61. The summed E-state index contributed by atoms with van der Waals surface area (Å²) in [5.74, 6) is -0.813. The first-order valence-electron chi connectivity index (χ1n) is 4.99. The summed E-state index contributed by atoms with van der Waals surface area (Å²) < 4.78 is 26.3. The number of hydrogen-bond acceptors (Lipinski definition) is 5. The lowest BCUT2D eigenvalue weighted by Crippen LogP contribution is -2.14. The van der Waals surface area contributed by atoms with E-state index in [1.807, 2.05) is 0 Å². The highest BCUT2D eigenvalue weighted by Gasteiger charge is 2.19. The fourth-order valence-electron chi connectivity index (χ4n) is 1.30. The minimum Gasteiger partial charge on any atom is -0.504 e. The molecule has 0 saturated heterocycles. The van der Waals surface area contributed by atoms with Crippen LogP contribution in [0.1, 0.15) is 0 Å². The van der Waals surface area contributed by atoms with E-state index >= 15 is 0 Å². The number of nitrogens with one attached hydrogen (secondary N) is 1. The van der Waals surface area contributed by atoms with Crippen LogP contribution < -0.4 is 4.72 Å². The number of nitrogens with zero attached hydrogens (tertiary/aromatic N) is 2. The first-order chi connectivity index (χ1) is 9.28. The van der Waals surface area contributed by atoms with E-state index in [1.165, 1.54) is 18.2 Å². The lowest BCUT2D eigenvalue weighted by Gasteiger charge is -2.08. The molecule has 0 spiro atoms. The van der Waals surface area contributed by atoms with Crippen LogP contribution in [0.4, 0.5) is 5.82 Å². The van der Waals surface area contributed by atoms with Gasteiger partial charge in [-0.3, -0.25) is 4.72 Å². The molecule has 20 heavy (non-hydrogen) atoms. The molecule has 1 aromatic heterocycles. The summed E-state index contributed by atoms with van der Waals surface area (Å²) in [5.41, 5.74) is 0. The predicted octanol–water partition coefficient (Wildman–Crippen LogP) is 2.94. The van der Waals surface area contributed by atoms with Crippen molar-refractivity contribution in [3.8, 4) is 5.75 Å². The van der Waals surface area contributed by atoms with Crippen molar-refractivity contribution in [1.29, 1.82) is 0 Å². The second-order valence-corrected chi connectivity index (χ2v) is 6.55. The Labute approximate surface area is 129 Å². The van der Waals surface area contributed by atoms with Crippen molar-refractivity contribution in [2.24, 2.45) is 0 Å². The summed E-state index contributed by atoms with van der Waals surface area (Å²) in [7, 11) is -4.02. The third-order valence-electron chi connectivity index (χ3n) is 2.12. The fourth-order valence-corrected chi connectivity index (χ4v) is 3.18. The molecule has 0 aliphatic heterocycles. The molecule has 0 amide bonds. The number of halogens is 3. The Morgan fingerprint density at radius 2 is 1.60 bits per heavy atom. The van der Waals surface area contributed by atoms with E-state index in [4.69, 9.17) is 34.8 Å². The smallest absolute Gasteiger partial charge is 0.263 e. The Kier molecular flexibility index (Phi) is 4.24. The minimum absolute atomic E-state index is 0.0729. The van der Waals surface area contributed by atoms with Gasteiger partial charge in [-0.25, -0.2) is 8.42 Å². The molecule has 0 unspecified atom stereocenters. The third kappa shape index (κ3) is 3.43. The zero-order chi connectivity index (χ0) is 14.9. The molecule has 2 aromatic rings. The second-order valence-electron chi connectivity index (χ2n) is 3.61. The van der Waals surface area contributed by atoms with Crippen LogP contribution in [-0.4, -0.2) is 23.7 Å². The van der Waals surface area contributed by atoms with Crippen LogP contribution in [0.25, 0.3) is 0 Å². The highest BCUT2D eigenvalue weighted by atomic mass is 35.5. The number of aromatic hydroxyl groups is 1. The standard InChI is InChI=1S/C10H6Cl3N3O3S/c11-5-1-6(12)3-7(2-5)20(18,19)16-10-8(17)4-9(13)14-15-10/h1-4H,(H,14,17)(H,15,16). The Bertz CT molecular complexity index is 747. The monoisotopic (exact) mass is 353 g/mol. The van der Waals surface area contributed by atoms with Gasteiger partial charge in [-0.1, -0.05) is 34.8 Å². The summed E-state index contributed by atoms with van der Waals surface area (Å²) >= 11 is 17.0. The van der Waals surface area contributed by atoms with Crippen molar-refractivity contribution in [1.82, 2.24) is 10.2 Å². The minimum atomic E-state index is -4.02. The number of aromatic nitrogens is 2. The summed E-state index contributed by atoms with van der Waals surface area (Å²) in [4.78, 5) is -0.175. The fraction of sp³-hybridized carbons (Fsp3) is 0. The van der Waals surface area contributed by atoms with Crippen molar-refractivity contribution < 1.29 is 13.5 Å². The van der Waals surface area contributed by atoms with Gasteiger partial charge in [0.25, 0.3) is 10.0 Å². The molecule has 6 nitrogen and oxygen atoms in total. The van der Waals surface area contributed by atoms with Crippen LogP contribution in [0, 0.1) is 0 Å². The molecular formula is C10H6Cl3N3O3S. The predicted molar refractivity (Wildman–Crippen MR) is 76.0 cm³/mol. The molecule has 2 rings (SSSR count). The molecular weight excluding hydrogens is 349 g/mol. The van der Waals surface area contributed by atoms with Crippen LogP contribution >= 0.6 is 34.8 Å². The van der Waals surface area contributed by atoms with Gasteiger partial charge < -0.3 is 5.11 Å². The van der Waals surface area contributed by atoms with Gasteiger partial charge in [0.2, 0.25) is 5.82 Å². The molecule has 2 N–H and O–H groups in total. The molecule has 0 atom stereocenters. The summed E-state index contributed by atoms with van der Waals surface area (Å²) in [6.45, 7) is 0. The largest absolute Gasteiger partial charge is 0.504 e. The highest BCUT2D eigenvalue weighted by molar-refractivity contribution is 7.92. The van der Waals surface area contributed by atoms with Crippen LogP contribution in [0.3, 0.4) is 0 Å². The van der Waals surface area contributed by atoms with Crippen molar-refractivity contribution in [3.63, 3.8) is 0 Å². The number of rotatable bonds is 3. The molecule has 1 aromatic carbocycles. The molecule has 0 fully saturated rings. The molecule has 106 valence electrons. The van der Waals surface area contributed by atoms with Crippen molar-refractivity contribution in [3.05, 3.63) is 39.5 Å². The Hall–Kier alpha value is -1.28. The maximum Gasteiger partial charge on any atom is 0.263 e. The van der Waals surface area contributed by atoms with E-state index < -0.39 is 15.8 Å². The number of hydrogen-bond donors (Lipinski definition) is 2. The van der Waals surface area contributed by atoms with E-state index in [-0.39, 0.29) is 25.9 Å². The van der Waals surface area contributed by atoms with Gasteiger partial charge in [-0.05, 0) is 18.2 Å². The Balaban J connectivity index is 2.40. The molecule has 0 aliphatic rings. The van der Waals surface area contributed by atoms with Crippen molar-refractivity contribution in [2.75, 3.05) is 4.72 Å². The first-order valence-corrected chi connectivity index (χ1v) is 7.61. The molecule has 0 bridgehead atoms. The molecule has 0 saturated carbocycles. The van der Waals surface area contributed by atoms with E-state index in [2.05, 4.69) is 14.9 Å². The van der Waals surface area contributed by atoms with Gasteiger partial charge in [-0.2, -0.15) is 0 Å². The summed E-state index contributed by atoms with van der Waals surface area (Å²) in [6.07, 6.45) is 0. The van der Waals surface area contributed by atoms with Gasteiger partial charge in [0.15, 0.2) is 10.9 Å². The number of sulfonamides is 1. The van der Waals surface area contributed by atoms with E-state index in [0.29, 0.717) is 0 Å². The number of anilines is 1. The zero-order valence-electron chi connectivity index (χ0n) is 9.51. The molecule has 0 aliphatic carbocycles. The molecule has 10 heteroatoms. The maximum absolute atomic E-state index is 12.1. The third-order valence-corrected chi connectivity index (χ3v) is 4.06. The van der Waals surface area contributed by atoms with Gasteiger partial charge >= 0.3 is 0 Å². The number of benzene rings is 1. The summed E-state index contributed by atoms with van der Waals surface area (Å²) in [5, 5.41) is 16.7. The normalized spacial score (nSPS) is 11.3. The lowest BCUT2D eigenvalue weighted by atomic mass is 10.4. The van der Waals surface area contributed by atoms with Crippen LogP contribution in [-0.2, 0) is 10.0 Å². The van der Waals surface area contributed by atoms with Gasteiger partial charge in [0.1, 0.15) is 0 Å².